The van der Waals surface area contributed by atoms with Crippen LogP contribution < -0.4 is 11.1 Å². The summed E-state index contributed by atoms with van der Waals surface area (Å²) in [7, 11) is 0. The first kappa shape index (κ1) is 12.9. The van der Waals surface area contributed by atoms with Crippen LogP contribution in [0.1, 0.15) is 6.42 Å². The normalized spacial score (nSPS) is 12.2. The predicted molar refractivity (Wildman–Crippen MR) is 63.8 cm³/mol. The lowest BCUT2D eigenvalue weighted by atomic mass is 10.2. The topological polar surface area (TPSA) is 68.0 Å². The first-order valence-corrected chi connectivity index (χ1v) is 6.20. The summed E-state index contributed by atoms with van der Waals surface area (Å²) < 4.78 is 12.5. The highest BCUT2D eigenvalue weighted by Gasteiger charge is 2.13. The third-order valence-corrected chi connectivity index (χ3v) is 2.59. The monoisotopic (exact) mass is 243 g/mol. The molecule has 0 aliphatic heterocycles. The Kier molecular flexibility index (Phi) is 5.21. The maximum atomic E-state index is 12.5. The zero-order valence-electron chi connectivity index (χ0n) is 8.94. The second-order valence-electron chi connectivity index (χ2n) is 3.24. The van der Waals surface area contributed by atoms with Crippen LogP contribution in [0.5, 0.6) is 0 Å². The number of hydrogen-bond donors (Lipinski definition) is 2. The molecule has 0 radical (unpaired) electrons. The number of nitrogens with two attached hydrogens (primary N) is 1. The Bertz CT molecular complexity index is 344. The van der Waals surface area contributed by atoms with Crippen molar-refractivity contribution in [2.75, 3.05) is 17.3 Å². The van der Waals surface area contributed by atoms with Gasteiger partial charge in [0.2, 0.25) is 5.91 Å². The zero-order chi connectivity index (χ0) is 12.0. The number of carbonyl (C=O) groups excluding carboxylic acids is 1. The molecule has 0 aliphatic carbocycles. The maximum Gasteiger partial charge on any atom is 0.242 e. The van der Waals surface area contributed by atoms with E-state index in [9.17, 15) is 9.18 Å². The van der Waals surface area contributed by atoms with Crippen molar-refractivity contribution in [1.82, 2.24) is 4.98 Å². The number of carbonyl (C=O) groups is 1. The third-order valence-electron chi connectivity index (χ3n) is 1.95. The largest absolute Gasteiger partial charge is 0.320 e. The summed E-state index contributed by atoms with van der Waals surface area (Å²) in [5.41, 5.74) is 5.65. The van der Waals surface area contributed by atoms with Gasteiger partial charge in [0.1, 0.15) is 11.6 Å². The minimum absolute atomic E-state index is 0.298. The summed E-state index contributed by atoms with van der Waals surface area (Å²) in [5.74, 6) is 0.398. The van der Waals surface area contributed by atoms with Crippen molar-refractivity contribution >= 4 is 23.5 Å². The molecule has 1 heterocycles. The number of amides is 1. The molecule has 6 heteroatoms. The van der Waals surface area contributed by atoms with Crippen molar-refractivity contribution in [3.8, 4) is 0 Å². The summed E-state index contributed by atoms with van der Waals surface area (Å²) in [6.45, 7) is 0. The van der Waals surface area contributed by atoms with Crippen molar-refractivity contribution in [2.24, 2.45) is 5.73 Å². The smallest absolute Gasteiger partial charge is 0.242 e. The quantitative estimate of drug-likeness (QED) is 0.816. The molecule has 1 aromatic rings. The maximum absolute atomic E-state index is 12.5. The standard InChI is InChI=1S/C10H14FN3OS/c1-16-5-4-8(12)10(15)14-9-3-2-7(11)6-13-9/h2-3,6,8H,4-5,12H2,1H3,(H,13,14,15)/t8-/m1/s1. The molecule has 0 saturated carbocycles. The van der Waals surface area contributed by atoms with Crippen LogP contribution in [0.3, 0.4) is 0 Å². The first-order valence-electron chi connectivity index (χ1n) is 4.80. The van der Waals surface area contributed by atoms with E-state index < -0.39 is 11.9 Å². The average molecular weight is 243 g/mol. The molecule has 4 nitrogen and oxygen atoms in total. The lowest BCUT2D eigenvalue weighted by Gasteiger charge is -2.10. The van der Waals surface area contributed by atoms with E-state index in [4.69, 9.17) is 5.73 Å². The van der Waals surface area contributed by atoms with Gasteiger partial charge in [-0.1, -0.05) is 0 Å². The highest BCUT2D eigenvalue weighted by Crippen LogP contribution is 2.05. The summed E-state index contributed by atoms with van der Waals surface area (Å²) in [4.78, 5) is 15.2. The van der Waals surface area contributed by atoms with E-state index in [0.29, 0.717) is 12.2 Å². The Labute approximate surface area is 97.8 Å². The molecule has 1 atom stereocenters. The van der Waals surface area contributed by atoms with E-state index >= 15 is 0 Å². The van der Waals surface area contributed by atoms with Crippen molar-refractivity contribution < 1.29 is 9.18 Å². The zero-order valence-corrected chi connectivity index (χ0v) is 9.76. The fourth-order valence-electron chi connectivity index (χ4n) is 1.04. The van der Waals surface area contributed by atoms with Gasteiger partial charge in [0, 0.05) is 0 Å². The Morgan fingerprint density at radius 1 is 1.69 bits per heavy atom. The molecule has 88 valence electrons. The van der Waals surface area contributed by atoms with E-state index in [0.717, 1.165) is 11.9 Å². The van der Waals surface area contributed by atoms with Crippen molar-refractivity contribution in [3.05, 3.63) is 24.1 Å². The third kappa shape index (κ3) is 4.16. The number of thioether (sulfide) groups is 1. The Hall–Kier alpha value is -1.14. The van der Waals surface area contributed by atoms with Crippen molar-refractivity contribution in [1.29, 1.82) is 0 Å². The van der Waals surface area contributed by atoms with Crippen molar-refractivity contribution in [2.45, 2.75) is 12.5 Å². The molecule has 0 unspecified atom stereocenters. The number of anilines is 1. The van der Waals surface area contributed by atoms with Crippen LogP contribution in [-0.2, 0) is 4.79 Å². The van der Waals surface area contributed by atoms with Crippen LogP contribution in [0, 0.1) is 5.82 Å². The Morgan fingerprint density at radius 2 is 2.44 bits per heavy atom. The highest BCUT2D eigenvalue weighted by atomic mass is 32.2. The number of nitrogens with one attached hydrogen (secondary N) is 1. The van der Waals surface area contributed by atoms with E-state index in [-0.39, 0.29) is 5.91 Å². The summed E-state index contributed by atoms with van der Waals surface area (Å²) >= 11 is 1.63. The number of halogens is 1. The molecule has 0 spiro atoms. The Morgan fingerprint density at radius 3 is 3.00 bits per heavy atom. The number of aromatic nitrogens is 1. The fraction of sp³-hybridized carbons (Fsp3) is 0.400. The summed E-state index contributed by atoms with van der Waals surface area (Å²) in [6.07, 6.45) is 3.60. The van der Waals surface area contributed by atoms with Crippen LogP contribution >= 0.6 is 11.8 Å². The molecule has 16 heavy (non-hydrogen) atoms. The lowest BCUT2D eigenvalue weighted by Crippen LogP contribution is -2.36. The SMILES string of the molecule is CSCC[C@@H](N)C(=O)Nc1ccc(F)cn1. The molecule has 1 aromatic heterocycles. The minimum Gasteiger partial charge on any atom is -0.320 e. The number of nitrogens with zero attached hydrogens (tertiary/aromatic N) is 1. The van der Waals surface area contributed by atoms with Crippen LogP contribution in [0.2, 0.25) is 0 Å². The first-order chi connectivity index (χ1) is 7.63. The van der Waals surface area contributed by atoms with Gasteiger partial charge in [0.05, 0.1) is 12.2 Å². The van der Waals surface area contributed by atoms with E-state index in [1.807, 2.05) is 6.26 Å². The van der Waals surface area contributed by atoms with E-state index in [2.05, 4.69) is 10.3 Å². The van der Waals surface area contributed by atoms with Gasteiger partial charge in [-0.15, -0.1) is 0 Å². The number of rotatable bonds is 5. The van der Waals surface area contributed by atoms with Gasteiger partial charge in [-0.3, -0.25) is 4.79 Å². The van der Waals surface area contributed by atoms with E-state index in [1.54, 1.807) is 11.8 Å². The fourth-order valence-corrected chi connectivity index (χ4v) is 1.53. The van der Waals surface area contributed by atoms with Gasteiger partial charge in [0.25, 0.3) is 0 Å². The van der Waals surface area contributed by atoms with Gasteiger partial charge in [0.15, 0.2) is 0 Å². The molecule has 0 aliphatic rings. The van der Waals surface area contributed by atoms with Crippen LogP contribution in [0.15, 0.2) is 18.3 Å². The van der Waals surface area contributed by atoms with Crippen LogP contribution in [0.25, 0.3) is 0 Å². The molecule has 0 saturated heterocycles. The number of hydrogen-bond acceptors (Lipinski definition) is 4. The second kappa shape index (κ2) is 6.44. The molecule has 1 rings (SSSR count). The lowest BCUT2D eigenvalue weighted by molar-refractivity contribution is -0.117. The van der Waals surface area contributed by atoms with Gasteiger partial charge in [-0.05, 0) is 30.6 Å². The number of pyridine rings is 1. The molecule has 3 N–H and O–H groups in total. The predicted octanol–water partition coefficient (Wildman–Crippen LogP) is 1.24. The molecule has 1 amide bonds. The summed E-state index contributed by atoms with van der Waals surface area (Å²) in [5, 5.41) is 2.53. The molecule has 0 bridgehead atoms. The van der Waals surface area contributed by atoms with Crippen LogP contribution in [-0.4, -0.2) is 28.9 Å². The molecular formula is C10H14FN3OS. The molecular weight excluding hydrogens is 229 g/mol. The van der Waals surface area contributed by atoms with Gasteiger partial charge >= 0.3 is 0 Å². The average Bonchev–Trinajstić information content (AvgIpc) is 2.29. The van der Waals surface area contributed by atoms with Gasteiger partial charge in [-0.2, -0.15) is 11.8 Å². The van der Waals surface area contributed by atoms with Crippen molar-refractivity contribution in [3.63, 3.8) is 0 Å². The molecule has 0 fully saturated rings. The highest BCUT2D eigenvalue weighted by molar-refractivity contribution is 7.98. The Balaban J connectivity index is 2.47. The van der Waals surface area contributed by atoms with E-state index in [1.165, 1.54) is 12.1 Å². The molecule has 0 aromatic carbocycles. The van der Waals surface area contributed by atoms with Gasteiger partial charge in [-0.25, -0.2) is 9.37 Å². The van der Waals surface area contributed by atoms with Gasteiger partial charge < -0.3 is 11.1 Å². The second-order valence-corrected chi connectivity index (χ2v) is 4.22. The van der Waals surface area contributed by atoms with Crippen LogP contribution in [0.4, 0.5) is 10.2 Å². The summed E-state index contributed by atoms with van der Waals surface area (Å²) in [6, 6.07) is 2.07. The minimum atomic E-state index is -0.556.